The fraction of sp³-hybridized carbons (Fsp3) is 0.708. The van der Waals surface area contributed by atoms with Crippen LogP contribution in [0.3, 0.4) is 0 Å². The van der Waals surface area contributed by atoms with Crippen molar-refractivity contribution in [1.29, 1.82) is 0 Å². The molecular formula is C24H32O7. The Bertz CT molecular complexity index is 826. The molecule has 1 aliphatic carbocycles. The molecule has 0 amide bonds. The third-order valence-corrected chi connectivity index (χ3v) is 7.89. The van der Waals surface area contributed by atoms with Crippen LogP contribution in [0, 0.1) is 23.7 Å². The third kappa shape index (κ3) is 3.42. The average Bonchev–Trinajstić information content (AvgIpc) is 3.01. The second kappa shape index (κ2) is 7.81. The molecule has 170 valence electrons. The minimum Gasteiger partial charge on any atom is -0.465 e. The highest BCUT2D eigenvalue weighted by Crippen LogP contribution is 2.60. The first-order valence-electron chi connectivity index (χ1n) is 11.4. The number of esters is 1. The first-order valence-corrected chi connectivity index (χ1v) is 11.4. The van der Waals surface area contributed by atoms with Crippen LogP contribution in [-0.4, -0.2) is 37.0 Å². The molecule has 1 aromatic carbocycles. The lowest BCUT2D eigenvalue weighted by Crippen LogP contribution is -2.70. The molecule has 4 aliphatic heterocycles. The average molecular weight is 433 g/mol. The van der Waals surface area contributed by atoms with E-state index in [1.807, 2.05) is 19.1 Å². The van der Waals surface area contributed by atoms with Crippen LogP contribution in [0.4, 0.5) is 0 Å². The minimum absolute atomic E-state index is 0.134. The van der Waals surface area contributed by atoms with Crippen LogP contribution in [0.2, 0.25) is 0 Å². The number of rotatable bonds is 4. The summed E-state index contributed by atoms with van der Waals surface area (Å²) in [4.78, 5) is 23.7. The molecule has 7 nitrogen and oxygen atoms in total. The second-order valence-corrected chi connectivity index (χ2v) is 9.77. The third-order valence-electron chi connectivity index (χ3n) is 7.89. The molecule has 2 unspecified atom stereocenters. The van der Waals surface area contributed by atoms with Crippen LogP contribution in [-0.2, 0) is 35.3 Å². The normalized spacial score (nSPS) is 43.7. The molecule has 0 N–H and O–H groups in total. The zero-order chi connectivity index (χ0) is 21.8. The first-order chi connectivity index (χ1) is 14.9. The van der Waals surface area contributed by atoms with E-state index < -0.39 is 24.0 Å². The largest absolute Gasteiger partial charge is 0.465 e. The number of methoxy groups -OCH3 is 1. The van der Waals surface area contributed by atoms with Crippen molar-refractivity contribution in [2.45, 2.75) is 77.0 Å². The number of benzene rings is 1. The summed E-state index contributed by atoms with van der Waals surface area (Å²) in [5.41, 5.74) is 0.912. The summed E-state index contributed by atoms with van der Waals surface area (Å²) in [5, 5.41) is 0. The number of hydrogen-bond acceptors (Lipinski definition) is 7. The SMILES string of the molecule is COC(=O)c1ccc(COC2O[C@@H]3O[C@]4(C)CCC5[C@H](C)CC[C@H]([C@H]2C)[C@]53OO4)cc1. The van der Waals surface area contributed by atoms with Crippen LogP contribution in [0.5, 0.6) is 0 Å². The standard InChI is InChI=1S/C24H32O7/c1-14-5-10-19-15(2)21(27-13-16-6-8-17(9-7-16)20(25)26-4)28-22-24(19)18(14)11-12-23(3,29-22)30-31-24/h6-9,14-15,18-19,21-22H,5,10-13H2,1-4H3/t14-,15-,18?,19-,21?,22-,23+,24-/m1/s1. The number of ether oxygens (including phenoxy) is 4. The van der Waals surface area contributed by atoms with Crippen LogP contribution in [0.1, 0.15) is 62.4 Å². The van der Waals surface area contributed by atoms with Gasteiger partial charge in [0.1, 0.15) is 0 Å². The van der Waals surface area contributed by atoms with Gasteiger partial charge in [-0.1, -0.05) is 26.0 Å². The topological polar surface area (TPSA) is 72.5 Å². The van der Waals surface area contributed by atoms with Crippen molar-refractivity contribution in [3.05, 3.63) is 35.4 Å². The van der Waals surface area contributed by atoms with Gasteiger partial charge in [-0.15, -0.1) is 0 Å². The highest BCUT2D eigenvalue weighted by molar-refractivity contribution is 5.89. The van der Waals surface area contributed by atoms with Crippen molar-refractivity contribution in [3.8, 4) is 0 Å². The summed E-state index contributed by atoms with van der Waals surface area (Å²) in [6, 6.07) is 7.25. The smallest absolute Gasteiger partial charge is 0.337 e. The fourth-order valence-corrected chi connectivity index (χ4v) is 6.10. The van der Waals surface area contributed by atoms with Crippen LogP contribution < -0.4 is 0 Å². The predicted octanol–water partition coefficient (Wildman–Crippen LogP) is 4.20. The monoisotopic (exact) mass is 432 g/mol. The molecule has 0 aromatic heterocycles. The van der Waals surface area contributed by atoms with E-state index in [2.05, 4.69) is 13.8 Å². The predicted molar refractivity (Wildman–Crippen MR) is 109 cm³/mol. The van der Waals surface area contributed by atoms with E-state index in [4.69, 9.17) is 28.7 Å². The Morgan fingerprint density at radius 2 is 1.87 bits per heavy atom. The van der Waals surface area contributed by atoms with Gasteiger partial charge in [0.25, 0.3) is 0 Å². The molecule has 6 rings (SSSR count). The van der Waals surface area contributed by atoms with Gasteiger partial charge in [-0.3, -0.25) is 0 Å². The quantitative estimate of drug-likeness (QED) is 0.522. The van der Waals surface area contributed by atoms with Gasteiger partial charge in [-0.25, -0.2) is 14.6 Å². The molecule has 4 heterocycles. The Kier molecular flexibility index (Phi) is 5.38. The highest BCUT2D eigenvalue weighted by atomic mass is 17.3. The summed E-state index contributed by atoms with van der Waals surface area (Å²) < 4.78 is 23.8. The van der Waals surface area contributed by atoms with Gasteiger partial charge < -0.3 is 18.9 Å². The minimum atomic E-state index is -0.785. The Hall–Kier alpha value is -1.51. The molecule has 2 bridgehead atoms. The van der Waals surface area contributed by atoms with Crippen molar-refractivity contribution in [2.24, 2.45) is 23.7 Å². The number of fused-ring (bicyclic) bond motifs is 2. The maximum Gasteiger partial charge on any atom is 0.337 e. The summed E-state index contributed by atoms with van der Waals surface area (Å²) in [6.45, 7) is 6.80. The highest BCUT2D eigenvalue weighted by Gasteiger charge is 2.69. The summed E-state index contributed by atoms with van der Waals surface area (Å²) >= 11 is 0. The molecular weight excluding hydrogens is 400 g/mol. The number of carbonyl (C=O) groups is 1. The molecule has 1 aromatic rings. The van der Waals surface area contributed by atoms with E-state index in [-0.39, 0.29) is 17.8 Å². The van der Waals surface area contributed by atoms with E-state index in [0.29, 0.717) is 24.0 Å². The maximum atomic E-state index is 11.6. The van der Waals surface area contributed by atoms with Gasteiger partial charge in [0.2, 0.25) is 5.79 Å². The molecule has 7 heteroatoms. The fourth-order valence-electron chi connectivity index (χ4n) is 6.10. The molecule has 8 atom stereocenters. The van der Waals surface area contributed by atoms with Crippen molar-refractivity contribution < 1.29 is 33.5 Å². The van der Waals surface area contributed by atoms with Gasteiger partial charge in [0.15, 0.2) is 18.2 Å². The van der Waals surface area contributed by atoms with Gasteiger partial charge in [-0.2, -0.15) is 0 Å². The molecule has 4 saturated heterocycles. The van der Waals surface area contributed by atoms with Gasteiger partial charge >= 0.3 is 5.97 Å². The Balaban J connectivity index is 1.34. The summed E-state index contributed by atoms with van der Waals surface area (Å²) in [7, 11) is 1.38. The molecule has 1 saturated carbocycles. The summed E-state index contributed by atoms with van der Waals surface area (Å²) in [5.74, 6) is 0.117. The molecule has 1 spiro atoms. The molecule has 5 fully saturated rings. The maximum absolute atomic E-state index is 11.6. The van der Waals surface area contributed by atoms with Crippen LogP contribution >= 0.6 is 0 Å². The zero-order valence-corrected chi connectivity index (χ0v) is 18.7. The first kappa shape index (κ1) is 21.3. The van der Waals surface area contributed by atoms with Crippen molar-refractivity contribution >= 4 is 5.97 Å². The van der Waals surface area contributed by atoms with Crippen LogP contribution in [0.25, 0.3) is 0 Å². The lowest BCUT2D eigenvalue weighted by atomic mass is 9.58. The second-order valence-electron chi connectivity index (χ2n) is 9.77. The van der Waals surface area contributed by atoms with Crippen molar-refractivity contribution in [1.82, 2.24) is 0 Å². The van der Waals surface area contributed by atoms with E-state index in [9.17, 15) is 4.79 Å². The van der Waals surface area contributed by atoms with Gasteiger partial charge in [0, 0.05) is 18.3 Å². The Morgan fingerprint density at radius 1 is 1.10 bits per heavy atom. The van der Waals surface area contributed by atoms with Gasteiger partial charge in [0.05, 0.1) is 19.3 Å². The lowest BCUT2D eigenvalue weighted by molar-refractivity contribution is -0.577. The Morgan fingerprint density at radius 3 is 2.61 bits per heavy atom. The number of hydrogen-bond donors (Lipinski definition) is 0. The molecule has 0 radical (unpaired) electrons. The zero-order valence-electron chi connectivity index (χ0n) is 18.7. The Labute approximate surface area is 183 Å². The number of carbonyl (C=O) groups excluding carboxylic acids is 1. The van der Waals surface area contributed by atoms with E-state index in [0.717, 1.165) is 31.2 Å². The van der Waals surface area contributed by atoms with E-state index in [1.54, 1.807) is 12.1 Å². The molecule has 31 heavy (non-hydrogen) atoms. The van der Waals surface area contributed by atoms with Crippen molar-refractivity contribution in [2.75, 3.05) is 7.11 Å². The van der Waals surface area contributed by atoms with E-state index in [1.165, 1.54) is 7.11 Å². The molecule has 5 aliphatic rings. The van der Waals surface area contributed by atoms with Crippen molar-refractivity contribution in [3.63, 3.8) is 0 Å². The lowest BCUT2D eigenvalue weighted by Gasteiger charge is -2.60. The summed E-state index contributed by atoms with van der Waals surface area (Å²) in [6.07, 6.45) is 3.10. The van der Waals surface area contributed by atoms with Crippen LogP contribution in [0.15, 0.2) is 24.3 Å². The van der Waals surface area contributed by atoms with Gasteiger partial charge in [-0.05, 0) is 55.7 Å². The van der Waals surface area contributed by atoms with E-state index >= 15 is 0 Å².